The molecule has 1 aliphatic heterocycles. The number of hydrogen-bond acceptors (Lipinski definition) is 5. The van der Waals surface area contributed by atoms with Gasteiger partial charge in [0.25, 0.3) is 7.37 Å². The number of fused-ring (bicyclic) bond motifs is 3. The smallest absolute Gasteiger partial charge is 0.284 e. The van der Waals surface area contributed by atoms with Gasteiger partial charge in [0.2, 0.25) is 0 Å². The standard InChI is InChI=1S/C21H19O3P.2C10H14.2C6H6O.2C2H6/c1-15(17-12-10-16(14-22)11-13-17)25(23)21-9-5-3-7-19(21)18-6-2-4-8-20(18)24-25;2*1-3-9-5-7-10(4-2)8-6-9;2*7-6-4-2-1-3-5-6;2*1-2/h2-13,15,22H,14H2,1H3;2*5-8H,3-4H2,1-2H3;2*1-5,7H;2*1-2H3. The molecule has 0 amide bonds. The van der Waals surface area contributed by atoms with Gasteiger partial charge in [0.15, 0.2) is 0 Å². The number of aryl methyl sites for hydroxylation is 4. The van der Waals surface area contributed by atoms with Gasteiger partial charge < -0.3 is 19.8 Å². The molecule has 0 fully saturated rings. The fraction of sp³-hybridized carbons (Fsp3) is 0.263. The molecular weight excluding hydrogens is 796 g/mol. The first-order valence-electron chi connectivity index (χ1n) is 22.5. The molecule has 0 saturated heterocycles. The summed E-state index contributed by atoms with van der Waals surface area (Å²) in [5.74, 6) is 1.31. The molecule has 0 spiro atoms. The van der Waals surface area contributed by atoms with Crippen molar-refractivity contribution in [1.29, 1.82) is 0 Å². The summed E-state index contributed by atoms with van der Waals surface area (Å²) in [6.07, 6.45) is 4.57. The van der Waals surface area contributed by atoms with E-state index in [1.165, 1.54) is 22.3 Å². The SMILES string of the molecule is CC.CC.CC(c1ccc(CO)cc1)P1(=O)Oc2ccccc2-c2ccccc21.CCc1ccc(CC)cc1.CCc1ccc(CC)cc1.Oc1ccccc1.Oc1ccccc1. The normalized spacial score (nSPS) is 12.9. The highest BCUT2D eigenvalue weighted by Crippen LogP contribution is 2.63. The minimum absolute atomic E-state index is 0.000962. The third-order valence-corrected chi connectivity index (χ3v) is 12.8. The molecule has 0 radical (unpaired) electrons. The van der Waals surface area contributed by atoms with Gasteiger partial charge in [0, 0.05) is 5.56 Å². The molecule has 8 rings (SSSR count). The van der Waals surface area contributed by atoms with Crippen LogP contribution in [0.15, 0.2) is 182 Å². The van der Waals surface area contributed by atoms with Crippen LogP contribution >= 0.6 is 7.37 Å². The Bertz CT molecular complexity index is 2140. The van der Waals surface area contributed by atoms with Gasteiger partial charge in [-0.2, -0.15) is 0 Å². The molecule has 7 aromatic carbocycles. The first-order chi connectivity index (χ1) is 30.6. The maximum atomic E-state index is 14.0. The second kappa shape index (κ2) is 30.2. The lowest BCUT2D eigenvalue weighted by Crippen LogP contribution is -2.21. The molecule has 5 nitrogen and oxygen atoms in total. The molecule has 2 atom stereocenters. The van der Waals surface area contributed by atoms with Crippen molar-refractivity contribution in [2.24, 2.45) is 0 Å². The van der Waals surface area contributed by atoms with E-state index in [0.717, 1.165) is 53.2 Å². The van der Waals surface area contributed by atoms with Crippen molar-refractivity contribution in [3.05, 3.63) is 215 Å². The van der Waals surface area contributed by atoms with Gasteiger partial charge in [-0.15, -0.1) is 0 Å². The van der Waals surface area contributed by atoms with Crippen molar-refractivity contribution in [2.45, 2.75) is 100 Å². The van der Waals surface area contributed by atoms with Crippen molar-refractivity contribution in [3.63, 3.8) is 0 Å². The topological polar surface area (TPSA) is 87.0 Å². The summed E-state index contributed by atoms with van der Waals surface area (Å²) in [6.45, 7) is 18.7. The van der Waals surface area contributed by atoms with E-state index in [4.69, 9.17) is 14.7 Å². The summed E-state index contributed by atoms with van der Waals surface area (Å²) < 4.78 is 20.1. The number of aliphatic hydroxyl groups is 1. The summed E-state index contributed by atoms with van der Waals surface area (Å²) in [5.41, 5.74) is 9.16. The molecule has 63 heavy (non-hydrogen) atoms. The first kappa shape index (κ1) is 53.3. The fourth-order valence-corrected chi connectivity index (χ4v) is 8.71. The summed E-state index contributed by atoms with van der Waals surface area (Å²) in [5, 5.41) is 27.3. The molecule has 0 bridgehead atoms. The van der Waals surface area contributed by atoms with Crippen LogP contribution in [0.3, 0.4) is 0 Å². The van der Waals surface area contributed by atoms with Crippen molar-refractivity contribution in [1.82, 2.24) is 0 Å². The lowest BCUT2D eigenvalue weighted by molar-refractivity contribution is 0.282. The number of aliphatic hydroxyl groups excluding tert-OH is 1. The zero-order valence-electron chi connectivity index (χ0n) is 39.0. The molecule has 7 aromatic rings. The summed E-state index contributed by atoms with van der Waals surface area (Å²) in [6, 6.07) is 58.2. The van der Waals surface area contributed by atoms with E-state index in [1.54, 1.807) is 48.5 Å². The Morgan fingerprint density at radius 2 is 0.778 bits per heavy atom. The van der Waals surface area contributed by atoms with Crippen molar-refractivity contribution >= 4 is 12.7 Å². The van der Waals surface area contributed by atoms with E-state index >= 15 is 0 Å². The molecule has 0 saturated carbocycles. The molecule has 1 heterocycles. The van der Waals surface area contributed by atoms with Crippen LogP contribution < -0.4 is 9.83 Å². The second-order valence-corrected chi connectivity index (χ2v) is 16.6. The third-order valence-electron chi connectivity index (χ3n) is 10.00. The van der Waals surface area contributed by atoms with Gasteiger partial charge in [0.1, 0.15) is 17.2 Å². The Morgan fingerprint density at radius 1 is 0.444 bits per heavy atom. The zero-order chi connectivity index (χ0) is 46.5. The maximum absolute atomic E-state index is 14.0. The number of benzene rings is 7. The number of phenols is 2. The minimum atomic E-state index is -3.13. The highest BCUT2D eigenvalue weighted by Gasteiger charge is 2.41. The molecule has 334 valence electrons. The predicted octanol–water partition coefficient (Wildman–Crippen LogP) is 15.4. The van der Waals surface area contributed by atoms with Crippen LogP contribution in [0.1, 0.15) is 101 Å². The van der Waals surface area contributed by atoms with E-state index in [2.05, 4.69) is 76.2 Å². The molecule has 3 N–H and O–H groups in total. The van der Waals surface area contributed by atoms with Crippen LogP contribution in [0.5, 0.6) is 17.2 Å². The predicted molar refractivity (Wildman–Crippen MR) is 270 cm³/mol. The largest absolute Gasteiger partial charge is 0.508 e. The van der Waals surface area contributed by atoms with E-state index < -0.39 is 7.37 Å². The minimum Gasteiger partial charge on any atom is -0.508 e. The first-order valence-corrected chi connectivity index (χ1v) is 24.2. The number of hydrogen-bond donors (Lipinski definition) is 3. The van der Waals surface area contributed by atoms with Gasteiger partial charge in [-0.1, -0.05) is 201 Å². The zero-order valence-corrected chi connectivity index (χ0v) is 39.9. The molecular formula is C57H71O5P. The van der Waals surface area contributed by atoms with Gasteiger partial charge in [-0.25, -0.2) is 0 Å². The number of rotatable bonds is 7. The second-order valence-electron chi connectivity index (χ2n) is 14.0. The molecule has 1 aliphatic rings. The van der Waals surface area contributed by atoms with Crippen molar-refractivity contribution in [3.8, 4) is 28.4 Å². The maximum Gasteiger partial charge on any atom is 0.284 e. The molecule has 0 aromatic heterocycles. The Balaban J connectivity index is 0.000000298. The monoisotopic (exact) mass is 867 g/mol. The summed E-state index contributed by atoms with van der Waals surface area (Å²) in [7, 11) is -3.13. The third kappa shape index (κ3) is 17.4. The number of aromatic hydroxyl groups is 2. The quantitative estimate of drug-likeness (QED) is 0.139. The van der Waals surface area contributed by atoms with Crippen LogP contribution in [-0.4, -0.2) is 15.3 Å². The Hall–Kier alpha value is -5.87. The van der Waals surface area contributed by atoms with Crippen molar-refractivity contribution < 1.29 is 24.4 Å². The Morgan fingerprint density at radius 3 is 1.13 bits per heavy atom. The van der Waals surface area contributed by atoms with E-state index in [-0.39, 0.29) is 12.3 Å². The molecule has 0 aliphatic carbocycles. The highest BCUT2D eigenvalue weighted by molar-refractivity contribution is 7.68. The van der Waals surface area contributed by atoms with Crippen LogP contribution in [0, 0.1) is 0 Å². The van der Waals surface area contributed by atoms with Crippen molar-refractivity contribution in [2.75, 3.05) is 0 Å². The lowest BCUT2D eigenvalue weighted by atomic mass is 10.0. The van der Waals surface area contributed by atoms with Crippen LogP contribution in [0.25, 0.3) is 11.1 Å². The van der Waals surface area contributed by atoms with E-state index in [9.17, 15) is 9.67 Å². The van der Waals surface area contributed by atoms with Crippen LogP contribution in [-0.2, 0) is 36.9 Å². The number of para-hydroxylation sites is 3. The Labute approximate surface area is 379 Å². The van der Waals surface area contributed by atoms with Crippen LogP contribution in [0.4, 0.5) is 0 Å². The van der Waals surface area contributed by atoms with E-state index in [1.807, 2.05) is 120 Å². The van der Waals surface area contributed by atoms with Gasteiger partial charge in [-0.3, -0.25) is 4.57 Å². The number of phenolic OH excluding ortho intramolecular Hbond substituents is 2. The molecule has 6 heteroatoms. The van der Waals surface area contributed by atoms with Gasteiger partial charge >= 0.3 is 0 Å². The molecule has 2 unspecified atom stereocenters. The lowest BCUT2D eigenvalue weighted by Gasteiger charge is -2.32. The fourth-order valence-electron chi connectivity index (χ4n) is 6.20. The van der Waals surface area contributed by atoms with E-state index in [0.29, 0.717) is 17.2 Å². The van der Waals surface area contributed by atoms with Gasteiger partial charge in [0.05, 0.1) is 17.6 Å². The highest BCUT2D eigenvalue weighted by atomic mass is 31.2. The summed E-state index contributed by atoms with van der Waals surface area (Å²) >= 11 is 0. The van der Waals surface area contributed by atoms with Gasteiger partial charge in [-0.05, 0) is 108 Å². The Kier molecular flexibility index (Phi) is 25.6. The summed E-state index contributed by atoms with van der Waals surface area (Å²) in [4.78, 5) is 0. The average Bonchev–Trinajstić information content (AvgIpc) is 3.36. The average molecular weight is 867 g/mol. The van der Waals surface area contributed by atoms with Crippen LogP contribution in [0.2, 0.25) is 0 Å².